The number of nitro groups is 1. The quantitative estimate of drug-likeness (QED) is 0.352. The molecule has 1 aliphatic heterocycles. The number of nitrogens with zero attached hydrogens (tertiary/aromatic N) is 2. The van der Waals surface area contributed by atoms with E-state index >= 15 is 0 Å². The number of aliphatic imine (C=N–C) groups is 1. The van der Waals surface area contributed by atoms with E-state index < -0.39 is 45.2 Å². The zero-order valence-corrected chi connectivity index (χ0v) is 17.7. The third-order valence-electron chi connectivity index (χ3n) is 4.35. The summed E-state index contributed by atoms with van der Waals surface area (Å²) in [5, 5.41) is 13.5. The molecule has 12 nitrogen and oxygen atoms in total. The van der Waals surface area contributed by atoms with Crippen LogP contribution in [0.25, 0.3) is 0 Å². The average molecular weight is 462 g/mol. The Labute approximate surface area is 182 Å². The van der Waals surface area contributed by atoms with Crippen LogP contribution in [-0.4, -0.2) is 50.8 Å². The number of carbonyl (C=O) groups excluding carboxylic acids is 2. The Bertz CT molecular complexity index is 1230. The Morgan fingerprint density at radius 1 is 1.25 bits per heavy atom. The number of esters is 1. The Hall–Kier alpha value is -4.00. The van der Waals surface area contributed by atoms with Crippen molar-refractivity contribution in [1.82, 2.24) is 4.72 Å². The third-order valence-corrected chi connectivity index (χ3v) is 5.74. The van der Waals surface area contributed by atoms with Crippen LogP contribution in [0.2, 0.25) is 0 Å². The summed E-state index contributed by atoms with van der Waals surface area (Å²) in [6.45, 7) is 0.649. The van der Waals surface area contributed by atoms with Gasteiger partial charge in [0, 0.05) is 5.56 Å². The molecule has 0 saturated heterocycles. The molecule has 32 heavy (non-hydrogen) atoms. The fraction of sp³-hybridized carbons (Fsp3) is 0.211. The molecule has 0 aliphatic carbocycles. The first kappa shape index (κ1) is 22.7. The molecule has 1 heterocycles. The van der Waals surface area contributed by atoms with Gasteiger partial charge in [0.25, 0.3) is 21.6 Å². The molecule has 1 aliphatic rings. The third kappa shape index (κ3) is 4.83. The zero-order valence-electron chi connectivity index (χ0n) is 16.9. The number of sulfonamides is 1. The molecule has 0 aromatic heterocycles. The Balaban J connectivity index is 1.63. The summed E-state index contributed by atoms with van der Waals surface area (Å²) >= 11 is 0. The topological polar surface area (TPSA) is 166 Å². The first-order valence-corrected chi connectivity index (χ1v) is 10.6. The minimum Gasteiger partial charge on any atom is -0.496 e. The standard InChI is InChI=1S/C19H18N4O8S/c1-11(20-18-13-5-3-4-6-16(13)32(28,29)22-18)19(25)31-10-17(24)21-14-8-7-12(30-2)9-15(14)23(26)27/h3-9,11H,10H2,1-2H3,(H,20,22)(H,21,24). The van der Waals surface area contributed by atoms with Crippen molar-refractivity contribution in [3.05, 3.63) is 58.1 Å². The fourth-order valence-corrected chi connectivity index (χ4v) is 4.05. The number of amidine groups is 1. The van der Waals surface area contributed by atoms with E-state index in [2.05, 4.69) is 15.0 Å². The first-order valence-electron chi connectivity index (χ1n) is 9.11. The highest BCUT2D eigenvalue weighted by Crippen LogP contribution is 2.29. The van der Waals surface area contributed by atoms with Crippen LogP contribution < -0.4 is 14.8 Å². The molecular formula is C19H18N4O8S. The van der Waals surface area contributed by atoms with Crippen LogP contribution >= 0.6 is 0 Å². The lowest BCUT2D eigenvalue weighted by molar-refractivity contribution is -0.384. The predicted molar refractivity (Wildman–Crippen MR) is 112 cm³/mol. The summed E-state index contributed by atoms with van der Waals surface area (Å²) in [4.78, 5) is 38.9. The van der Waals surface area contributed by atoms with E-state index in [0.717, 1.165) is 6.07 Å². The molecule has 3 rings (SSSR count). The van der Waals surface area contributed by atoms with E-state index in [0.29, 0.717) is 5.56 Å². The Morgan fingerprint density at radius 3 is 2.66 bits per heavy atom. The number of methoxy groups -OCH3 is 1. The van der Waals surface area contributed by atoms with Gasteiger partial charge in [-0.1, -0.05) is 12.1 Å². The number of benzene rings is 2. The van der Waals surface area contributed by atoms with Gasteiger partial charge in [-0.05, 0) is 31.2 Å². The molecule has 13 heteroatoms. The molecule has 2 aromatic carbocycles. The van der Waals surface area contributed by atoms with E-state index in [4.69, 9.17) is 9.47 Å². The van der Waals surface area contributed by atoms with Crippen LogP contribution in [0.3, 0.4) is 0 Å². The van der Waals surface area contributed by atoms with E-state index in [-0.39, 0.29) is 22.2 Å². The lowest BCUT2D eigenvalue weighted by Crippen LogP contribution is -2.29. The van der Waals surface area contributed by atoms with Gasteiger partial charge in [0.2, 0.25) is 0 Å². The van der Waals surface area contributed by atoms with Crippen LogP contribution in [0.5, 0.6) is 5.75 Å². The maximum Gasteiger partial charge on any atom is 0.331 e. The number of anilines is 1. The SMILES string of the molecule is COc1ccc(NC(=O)COC(=O)C(C)N=C2NS(=O)(=O)c3ccccc32)c([N+](=O)[O-])c1. The van der Waals surface area contributed by atoms with Gasteiger partial charge in [-0.25, -0.2) is 13.2 Å². The van der Waals surface area contributed by atoms with E-state index in [1.54, 1.807) is 18.2 Å². The maximum atomic E-state index is 12.2. The number of nitrogens with one attached hydrogen (secondary N) is 2. The summed E-state index contributed by atoms with van der Waals surface area (Å²) in [6.07, 6.45) is 0. The molecule has 1 atom stereocenters. The minimum absolute atomic E-state index is 0.0108. The van der Waals surface area contributed by atoms with Gasteiger partial charge in [-0.3, -0.25) is 24.6 Å². The predicted octanol–water partition coefficient (Wildman–Crippen LogP) is 1.21. The van der Waals surface area contributed by atoms with Crippen LogP contribution in [0.4, 0.5) is 11.4 Å². The van der Waals surface area contributed by atoms with Gasteiger partial charge in [0.15, 0.2) is 6.61 Å². The van der Waals surface area contributed by atoms with Crippen LogP contribution in [0.15, 0.2) is 52.4 Å². The normalized spacial score (nSPS) is 15.9. The molecule has 0 saturated carbocycles. The van der Waals surface area contributed by atoms with Crippen molar-refractivity contribution in [1.29, 1.82) is 0 Å². The van der Waals surface area contributed by atoms with Gasteiger partial charge in [0.05, 0.1) is 23.0 Å². The number of carbonyl (C=O) groups is 2. The summed E-state index contributed by atoms with van der Waals surface area (Å²) in [5.74, 6) is -1.47. The van der Waals surface area contributed by atoms with Gasteiger partial charge in [0.1, 0.15) is 23.3 Å². The second-order valence-electron chi connectivity index (χ2n) is 6.55. The monoisotopic (exact) mass is 462 g/mol. The molecule has 0 spiro atoms. The number of amides is 1. The lowest BCUT2D eigenvalue weighted by Gasteiger charge is -2.10. The molecule has 0 radical (unpaired) electrons. The highest BCUT2D eigenvalue weighted by molar-refractivity contribution is 7.90. The molecule has 168 valence electrons. The van der Waals surface area contributed by atoms with E-state index in [9.17, 15) is 28.1 Å². The fourth-order valence-electron chi connectivity index (χ4n) is 2.81. The smallest absolute Gasteiger partial charge is 0.331 e. The van der Waals surface area contributed by atoms with Gasteiger partial charge in [-0.2, -0.15) is 0 Å². The van der Waals surface area contributed by atoms with Gasteiger partial charge in [-0.15, -0.1) is 0 Å². The lowest BCUT2D eigenvalue weighted by atomic mass is 10.2. The molecule has 1 unspecified atom stereocenters. The van der Waals surface area contributed by atoms with Crippen molar-refractivity contribution < 1.29 is 32.4 Å². The van der Waals surface area contributed by atoms with Crippen molar-refractivity contribution in [2.75, 3.05) is 19.0 Å². The minimum atomic E-state index is -3.76. The summed E-state index contributed by atoms with van der Waals surface area (Å²) < 4.78 is 36.3. The molecule has 0 fully saturated rings. The zero-order chi connectivity index (χ0) is 23.5. The van der Waals surface area contributed by atoms with Crippen molar-refractivity contribution >= 4 is 39.1 Å². The van der Waals surface area contributed by atoms with Crippen LogP contribution in [-0.2, 0) is 24.3 Å². The van der Waals surface area contributed by atoms with Gasteiger partial charge < -0.3 is 14.8 Å². The van der Waals surface area contributed by atoms with Crippen molar-refractivity contribution in [2.24, 2.45) is 4.99 Å². The van der Waals surface area contributed by atoms with Crippen LogP contribution in [0.1, 0.15) is 12.5 Å². The number of rotatable bonds is 7. The van der Waals surface area contributed by atoms with Crippen molar-refractivity contribution in [3.63, 3.8) is 0 Å². The number of hydrogen-bond acceptors (Lipinski definition) is 9. The summed E-state index contributed by atoms with van der Waals surface area (Å²) in [5.41, 5.74) is -0.171. The average Bonchev–Trinajstić information content (AvgIpc) is 3.02. The Morgan fingerprint density at radius 2 is 1.97 bits per heavy atom. The highest BCUT2D eigenvalue weighted by atomic mass is 32.2. The number of hydrogen-bond donors (Lipinski definition) is 2. The van der Waals surface area contributed by atoms with Crippen molar-refractivity contribution in [2.45, 2.75) is 17.9 Å². The molecule has 1 amide bonds. The first-order chi connectivity index (χ1) is 15.1. The molecule has 2 aromatic rings. The molecule has 0 bridgehead atoms. The van der Waals surface area contributed by atoms with Crippen molar-refractivity contribution in [3.8, 4) is 5.75 Å². The highest BCUT2D eigenvalue weighted by Gasteiger charge is 2.31. The largest absolute Gasteiger partial charge is 0.496 e. The molecule has 2 N–H and O–H groups in total. The van der Waals surface area contributed by atoms with E-state index in [1.165, 1.54) is 32.2 Å². The second-order valence-corrected chi connectivity index (χ2v) is 8.20. The number of fused-ring (bicyclic) bond motifs is 1. The summed E-state index contributed by atoms with van der Waals surface area (Å²) in [6, 6.07) is 8.86. The Kier molecular flexibility index (Phi) is 6.39. The second kappa shape index (κ2) is 9.01. The summed E-state index contributed by atoms with van der Waals surface area (Å²) in [7, 11) is -2.42. The maximum absolute atomic E-state index is 12.2. The molecular weight excluding hydrogens is 444 g/mol. The van der Waals surface area contributed by atoms with Crippen LogP contribution in [0, 0.1) is 10.1 Å². The number of ether oxygens (including phenoxy) is 2. The van der Waals surface area contributed by atoms with Gasteiger partial charge >= 0.3 is 5.97 Å². The number of nitro benzene ring substituents is 1. The van der Waals surface area contributed by atoms with E-state index in [1.807, 2.05) is 0 Å².